The van der Waals surface area contributed by atoms with Gasteiger partial charge < -0.3 is 10.2 Å². The Morgan fingerprint density at radius 1 is 1.19 bits per heavy atom. The first-order chi connectivity index (χ1) is 10.0. The molecule has 0 radical (unpaired) electrons. The van der Waals surface area contributed by atoms with Crippen LogP contribution in [-0.4, -0.2) is 28.0 Å². The Morgan fingerprint density at radius 2 is 1.90 bits per heavy atom. The van der Waals surface area contributed by atoms with E-state index in [1.54, 1.807) is 13.0 Å². The lowest BCUT2D eigenvalue weighted by molar-refractivity contribution is 0.627. The van der Waals surface area contributed by atoms with Crippen molar-refractivity contribution in [3.8, 4) is 0 Å². The maximum absolute atomic E-state index is 13.1. The van der Waals surface area contributed by atoms with E-state index in [9.17, 15) is 4.39 Å². The summed E-state index contributed by atoms with van der Waals surface area (Å²) in [7, 11) is 0. The number of aromatic nitrogens is 3. The third kappa shape index (κ3) is 3.78. The van der Waals surface area contributed by atoms with Crippen LogP contribution in [0.1, 0.15) is 19.4 Å². The fourth-order valence-corrected chi connectivity index (χ4v) is 2.09. The van der Waals surface area contributed by atoms with Gasteiger partial charge in [0.2, 0.25) is 17.2 Å². The van der Waals surface area contributed by atoms with E-state index < -0.39 is 0 Å². The highest BCUT2D eigenvalue weighted by molar-refractivity contribution is 6.28. The van der Waals surface area contributed by atoms with Gasteiger partial charge in [-0.25, -0.2) is 4.39 Å². The van der Waals surface area contributed by atoms with E-state index in [-0.39, 0.29) is 11.1 Å². The van der Waals surface area contributed by atoms with E-state index in [0.717, 1.165) is 24.3 Å². The van der Waals surface area contributed by atoms with E-state index in [4.69, 9.17) is 11.6 Å². The third-order valence-electron chi connectivity index (χ3n) is 3.08. The predicted octanol–water partition coefficient (Wildman–Crippen LogP) is 3.56. The van der Waals surface area contributed by atoms with Gasteiger partial charge in [-0.15, -0.1) is 0 Å². The first kappa shape index (κ1) is 15.4. The SMILES string of the molecule is CCN(CC)c1nc(Cl)nc(Nc2ccc(F)cc2C)n1. The lowest BCUT2D eigenvalue weighted by Gasteiger charge is -2.19. The Morgan fingerprint density at radius 3 is 2.52 bits per heavy atom. The van der Waals surface area contributed by atoms with Gasteiger partial charge in [-0.2, -0.15) is 15.0 Å². The van der Waals surface area contributed by atoms with Crippen LogP contribution in [-0.2, 0) is 0 Å². The molecule has 0 amide bonds. The van der Waals surface area contributed by atoms with Gasteiger partial charge in [0, 0.05) is 18.8 Å². The second-order valence-electron chi connectivity index (χ2n) is 4.48. The van der Waals surface area contributed by atoms with Gasteiger partial charge in [0.25, 0.3) is 0 Å². The first-order valence-corrected chi connectivity index (χ1v) is 7.11. The topological polar surface area (TPSA) is 53.9 Å². The van der Waals surface area contributed by atoms with Crippen molar-refractivity contribution in [2.24, 2.45) is 0 Å². The van der Waals surface area contributed by atoms with E-state index in [1.807, 2.05) is 18.7 Å². The average Bonchev–Trinajstić information content (AvgIpc) is 2.43. The molecular weight excluding hydrogens is 293 g/mol. The smallest absolute Gasteiger partial charge is 0.233 e. The lowest BCUT2D eigenvalue weighted by atomic mass is 10.2. The summed E-state index contributed by atoms with van der Waals surface area (Å²) in [5.41, 5.74) is 1.49. The molecule has 2 rings (SSSR count). The molecule has 21 heavy (non-hydrogen) atoms. The molecule has 0 saturated carbocycles. The minimum Gasteiger partial charge on any atom is -0.341 e. The van der Waals surface area contributed by atoms with Gasteiger partial charge in [0.05, 0.1) is 0 Å². The molecule has 1 aromatic heterocycles. The number of nitrogens with zero attached hydrogens (tertiary/aromatic N) is 4. The second-order valence-corrected chi connectivity index (χ2v) is 4.82. The molecule has 1 N–H and O–H groups in total. The quantitative estimate of drug-likeness (QED) is 0.915. The Hall–Kier alpha value is -1.95. The third-order valence-corrected chi connectivity index (χ3v) is 3.25. The number of hydrogen-bond donors (Lipinski definition) is 1. The van der Waals surface area contributed by atoms with Crippen LogP contribution in [0.2, 0.25) is 5.28 Å². The van der Waals surface area contributed by atoms with Crippen molar-refractivity contribution in [2.75, 3.05) is 23.3 Å². The van der Waals surface area contributed by atoms with Crippen molar-refractivity contribution < 1.29 is 4.39 Å². The van der Waals surface area contributed by atoms with Crippen LogP contribution in [0.4, 0.5) is 22.0 Å². The van der Waals surface area contributed by atoms with Crippen LogP contribution in [0.15, 0.2) is 18.2 Å². The number of aryl methyl sites for hydroxylation is 1. The number of rotatable bonds is 5. The summed E-state index contributed by atoms with van der Waals surface area (Å²) in [6.07, 6.45) is 0. The van der Waals surface area contributed by atoms with Crippen LogP contribution >= 0.6 is 11.6 Å². The zero-order valence-electron chi connectivity index (χ0n) is 12.2. The Bertz CT molecular complexity index is 631. The van der Waals surface area contributed by atoms with Crippen LogP contribution in [0.3, 0.4) is 0 Å². The van der Waals surface area contributed by atoms with Gasteiger partial charge in [0.15, 0.2) is 0 Å². The summed E-state index contributed by atoms with van der Waals surface area (Å²) in [6, 6.07) is 4.46. The average molecular weight is 310 g/mol. The van der Waals surface area contributed by atoms with Crippen LogP contribution in [0, 0.1) is 12.7 Å². The zero-order valence-corrected chi connectivity index (χ0v) is 12.9. The van der Waals surface area contributed by atoms with Crippen molar-refractivity contribution in [1.82, 2.24) is 15.0 Å². The van der Waals surface area contributed by atoms with E-state index in [0.29, 0.717) is 11.9 Å². The van der Waals surface area contributed by atoms with Crippen molar-refractivity contribution in [3.05, 3.63) is 34.9 Å². The fourth-order valence-electron chi connectivity index (χ4n) is 1.93. The van der Waals surface area contributed by atoms with Crippen molar-refractivity contribution >= 4 is 29.2 Å². The molecule has 0 saturated heterocycles. The lowest BCUT2D eigenvalue weighted by Crippen LogP contribution is -2.24. The number of benzene rings is 1. The van der Waals surface area contributed by atoms with E-state index >= 15 is 0 Å². The molecule has 112 valence electrons. The van der Waals surface area contributed by atoms with Crippen molar-refractivity contribution in [1.29, 1.82) is 0 Å². The summed E-state index contributed by atoms with van der Waals surface area (Å²) in [5, 5.41) is 3.16. The molecule has 0 spiro atoms. The summed E-state index contributed by atoms with van der Waals surface area (Å²) in [4.78, 5) is 14.5. The van der Waals surface area contributed by atoms with Gasteiger partial charge in [-0.3, -0.25) is 0 Å². The summed E-state index contributed by atoms with van der Waals surface area (Å²) >= 11 is 5.95. The molecule has 1 aromatic carbocycles. The van der Waals surface area contributed by atoms with Gasteiger partial charge >= 0.3 is 0 Å². The number of anilines is 3. The van der Waals surface area contributed by atoms with E-state index in [1.165, 1.54) is 12.1 Å². The van der Waals surface area contributed by atoms with Crippen LogP contribution in [0.25, 0.3) is 0 Å². The number of halogens is 2. The molecule has 0 aliphatic heterocycles. The standard InChI is InChI=1S/C14H17ClFN5/c1-4-21(5-2)14-19-12(15)18-13(20-14)17-11-7-6-10(16)8-9(11)3/h6-8H,4-5H2,1-3H3,(H,17,18,19,20). The molecule has 5 nitrogen and oxygen atoms in total. The van der Waals surface area contributed by atoms with Crippen LogP contribution in [0.5, 0.6) is 0 Å². The van der Waals surface area contributed by atoms with E-state index in [2.05, 4.69) is 20.3 Å². The molecule has 0 aliphatic carbocycles. The molecule has 7 heteroatoms. The largest absolute Gasteiger partial charge is 0.341 e. The van der Waals surface area contributed by atoms with Crippen molar-refractivity contribution in [2.45, 2.75) is 20.8 Å². The Balaban J connectivity index is 2.31. The van der Waals surface area contributed by atoms with Gasteiger partial charge in [-0.1, -0.05) is 0 Å². The molecule has 0 atom stereocenters. The Labute approximate surface area is 128 Å². The van der Waals surface area contributed by atoms with Gasteiger partial charge in [0.1, 0.15) is 5.82 Å². The number of nitrogens with one attached hydrogen (secondary N) is 1. The highest BCUT2D eigenvalue weighted by Crippen LogP contribution is 2.21. The minimum atomic E-state index is -0.282. The molecule has 2 aromatic rings. The molecule has 0 aliphatic rings. The van der Waals surface area contributed by atoms with Crippen molar-refractivity contribution in [3.63, 3.8) is 0 Å². The first-order valence-electron chi connectivity index (χ1n) is 6.73. The maximum Gasteiger partial charge on any atom is 0.233 e. The highest BCUT2D eigenvalue weighted by atomic mass is 35.5. The predicted molar refractivity (Wildman–Crippen MR) is 82.8 cm³/mol. The number of hydrogen-bond acceptors (Lipinski definition) is 5. The summed E-state index contributed by atoms with van der Waals surface area (Å²) < 4.78 is 13.1. The maximum atomic E-state index is 13.1. The highest BCUT2D eigenvalue weighted by Gasteiger charge is 2.11. The van der Waals surface area contributed by atoms with Crippen LogP contribution < -0.4 is 10.2 Å². The summed E-state index contributed by atoms with van der Waals surface area (Å²) in [6.45, 7) is 7.37. The zero-order chi connectivity index (χ0) is 15.4. The minimum absolute atomic E-state index is 0.120. The fraction of sp³-hybridized carbons (Fsp3) is 0.357. The molecular formula is C14H17ClFN5. The summed E-state index contributed by atoms with van der Waals surface area (Å²) in [5.74, 6) is 0.574. The molecule has 0 bridgehead atoms. The second kappa shape index (κ2) is 6.67. The molecule has 1 heterocycles. The normalized spacial score (nSPS) is 10.5. The van der Waals surface area contributed by atoms with Gasteiger partial charge in [-0.05, 0) is 56.1 Å². The monoisotopic (exact) mass is 309 g/mol. The Kier molecular flexibility index (Phi) is 4.90. The molecule has 0 fully saturated rings. The molecule has 0 unspecified atom stereocenters.